The van der Waals surface area contributed by atoms with Crippen molar-refractivity contribution in [3.8, 4) is 0 Å². The molecule has 31 heavy (non-hydrogen) atoms. The summed E-state index contributed by atoms with van der Waals surface area (Å²) in [7, 11) is 0. The topological polar surface area (TPSA) is 121 Å². The number of hydrogen-bond donors (Lipinski definition) is 3. The fraction of sp³-hybridized carbons (Fsp3) is 0.316. The van der Waals surface area contributed by atoms with Crippen molar-refractivity contribution in [3.05, 3.63) is 38.4 Å². The Morgan fingerprint density at radius 1 is 1.42 bits per heavy atom. The monoisotopic (exact) mass is 476 g/mol. The molecule has 0 spiro atoms. The number of aromatic nitrogens is 3. The molecule has 0 bridgehead atoms. The first-order valence-electron chi connectivity index (χ1n) is 9.63. The number of ether oxygens (including phenoxy) is 1. The largest absolute Gasteiger partial charge is 0.462 e. The highest BCUT2D eigenvalue weighted by Crippen LogP contribution is 2.39. The molecule has 0 aliphatic heterocycles. The number of fused-ring (bicyclic) bond motifs is 1. The van der Waals surface area contributed by atoms with E-state index in [1.165, 1.54) is 23.1 Å². The first-order valence-corrected chi connectivity index (χ1v) is 12.3. The van der Waals surface area contributed by atoms with Crippen molar-refractivity contribution in [3.63, 3.8) is 0 Å². The van der Waals surface area contributed by atoms with Gasteiger partial charge in [0.05, 0.1) is 24.1 Å². The smallest absolute Gasteiger partial charge is 0.341 e. The predicted octanol–water partition coefficient (Wildman–Crippen LogP) is 3.77. The first kappa shape index (κ1) is 21.5. The molecule has 12 heteroatoms. The highest BCUT2D eigenvalue weighted by molar-refractivity contribution is 7.99. The second-order valence-electron chi connectivity index (χ2n) is 6.47. The molecule has 3 aromatic heterocycles. The fourth-order valence-corrected chi connectivity index (χ4v) is 5.56. The van der Waals surface area contributed by atoms with Crippen LogP contribution in [-0.2, 0) is 22.4 Å². The van der Waals surface area contributed by atoms with Gasteiger partial charge < -0.3 is 10.1 Å². The first-order chi connectivity index (χ1) is 15.1. The molecule has 9 nitrogen and oxygen atoms in total. The molecule has 4 rings (SSSR count). The number of thioether (sulfide) groups is 1. The Kier molecular flexibility index (Phi) is 6.99. The summed E-state index contributed by atoms with van der Waals surface area (Å²) in [5.41, 5.74) is 4.29. The Morgan fingerprint density at radius 2 is 2.32 bits per heavy atom. The number of nitrogens with zero attached hydrogens (tertiary/aromatic N) is 3. The van der Waals surface area contributed by atoms with Gasteiger partial charge in [-0.3, -0.25) is 4.79 Å². The molecule has 1 aliphatic carbocycles. The highest BCUT2D eigenvalue weighted by Gasteiger charge is 2.28. The highest BCUT2D eigenvalue weighted by atomic mass is 32.2. The number of carbonyl (C=O) groups excluding carboxylic acids is 2. The number of anilines is 2. The van der Waals surface area contributed by atoms with E-state index in [0.717, 1.165) is 34.6 Å². The van der Waals surface area contributed by atoms with E-state index in [9.17, 15) is 9.59 Å². The van der Waals surface area contributed by atoms with E-state index in [-0.39, 0.29) is 17.6 Å². The molecule has 0 unspecified atom stereocenters. The molecule has 3 N–H and O–H groups in total. The van der Waals surface area contributed by atoms with Gasteiger partial charge in [-0.2, -0.15) is 10.1 Å². The fourth-order valence-electron chi connectivity index (χ4n) is 3.09. The van der Waals surface area contributed by atoms with Gasteiger partial charge >= 0.3 is 5.97 Å². The van der Waals surface area contributed by atoms with Crippen LogP contribution in [0, 0.1) is 0 Å². The molecule has 1 aliphatic rings. The lowest BCUT2D eigenvalue weighted by Gasteiger charge is -2.07. The second kappa shape index (κ2) is 10.1. The number of H-pyrrole nitrogens is 1. The standard InChI is InChI=1S/C19H20N6O3S3/c1-2-28-17(27)15-12-6-3-7-13(12)31-16(15)21-14(26)10-30-19-22-18(24-25-19)23-20-9-11-5-4-8-29-11/h4-5,8-9H,2-3,6-7,10H2,1H3,(H,21,26)(H2,22,23,24,25)/b20-9-. The number of hydrogen-bond acceptors (Lipinski definition) is 10. The molecule has 0 saturated carbocycles. The molecule has 0 fully saturated rings. The van der Waals surface area contributed by atoms with Crippen molar-refractivity contribution in [2.75, 3.05) is 23.1 Å². The summed E-state index contributed by atoms with van der Waals surface area (Å²) in [5, 5.41) is 16.7. The molecule has 162 valence electrons. The van der Waals surface area contributed by atoms with E-state index in [1.807, 2.05) is 17.5 Å². The second-order valence-corrected chi connectivity index (χ2v) is 9.50. The van der Waals surface area contributed by atoms with Crippen molar-refractivity contribution < 1.29 is 14.3 Å². The van der Waals surface area contributed by atoms with Gasteiger partial charge in [0.1, 0.15) is 5.00 Å². The molecule has 0 saturated heterocycles. The van der Waals surface area contributed by atoms with E-state index < -0.39 is 0 Å². The molecule has 0 atom stereocenters. The molecule has 3 heterocycles. The van der Waals surface area contributed by atoms with Gasteiger partial charge in [0.15, 0.2) is 0 Å². The average Bonchev–Trinajstić information content (AvgIpc) is 3.52. The Labute approximate surface area is 190 Å². The normalized spacial score (nSPS) is 12.8. The van der Waals surface area contributed by atoms with E-state index in [1.54, 1.807) is 24.5 Å². The average molecular weight is 477 g/mol. The van der Waals surface area contributed by atoms with Crippen LogP contribution in [-0.4, -0.2) is 45.6 Å². The zero-order chi connectivity index (χ0) is 21.6. The van der Waals surface area contributed by atoms with Crippen molar-refractivity contribution in [1.82, 2.24) is 15.2 Å². The molecular weight excluding hydrogens is 456 g/mol. The quantitative estimate of drug-likeness (QED) is 0.186. The number of rotatable bonds is 9. The minimum absolute atomic E-state index is 0.112. The lowest BCUT2D eigenvalue weighted by atomic mass is 10.1. The SMILES string of the molecule is CCOC(=O)c1c(NC(=O)CSc2n[nH]c(N/N=C\c3cccs3)n2)sc2c1CCC2. The van der Waals surface area contributed by atoms with Crippen molar-refractivity contribution in [1.29, 1.82) is 0 Å². The van der Waals surface area contributed by atoms with Gasteiger partial charge in [-0.1, -0.05) is 17.8 Å². The van der Waals surface area contributed by atoms with Crippen LogP contribution in [0.4, 0.5) is 10.9 Å². The van der Waals surface area contributed by atoms with E-state index in [2.05, 4.69) is 31.0 Å². The maximum atomic E-state index is 12.5. The van der Waals surface area contributed by atoms with Crippen LogP contribution in [0.5, 0.6) is 0 Å². The zero-order valence-electron chi connectivity index (χ0n) is 16.6. The van der Waals surface area contributed by atoms with E-state index in [4.69, 9.17) is 4.74 Å². The van der Waals surface area contributed by atoms with Gasteiger partial charge in [0.25, 0.3) is 0 Å². The number of amides is 1. The summed E-state index contributed by atoms with van der Waals surface area (Å²) in [5.74, 6) is -0.112. The van der Waals surface area contributed by atoms with Crippen LogP contribution in [0.25, 0.3) is 0 Å². The van der Waals surface area contributed by atoms with Gasteiger partial charge in [-0.15, -0.1) is 27.8 Å². The Hall–Kier alpha value is -2.70. The van der Waals surface area contributed by atoms with Gasteiger partial charge in [0.2, 0.25) is 17.0 Å². The number of nitrogens with one attached hydrogen (secondary N) is 3. The third-order valence-corrected chi connectivity index (χ3v) is 7.22. The molecule has 0 radical (unpaired) electrons. The van der Waals surface area contributed by atoms with Gasteiger partial charge in [-0.05, 0) is 43.2 Å². The summed E-state index contributed by atoms with van der Waals surface area (Å²) in [6.45, 7) is 2.07. The van der Waals surface area contributed by atoms with Crippen LogP contribution in [0.2, 0.25) is 0 Å². The third kappa shape index (κ3) is 5.32. The molecule has 1 amide bonds. The number of esters is 1. The summed E-state index contributed by atoms with van der Waals surface area (Å²) in [6.07, 6.45) is 4.48. The Bertz CT molecular complexity index is 1090. The molecule has 0 aromatic carbocycles. The Morgan fingerprint density at radius 3 is 3.13 bits per heavy atom. The molecular formula is C19H20N6O3S3. The number of hydrazone groups is 1. The summed E-state index contributed by atoms with van der Waals surface area (Å²) < 4.78 is 5.19. The third-order valence-electron chi connectivity index (χ3n) is 4.36. The minimum atomic E-state index is -0.377. The van der Waals surface area contributed by atoms with Crippen LogP contribution in [0.3, 0.4) is 0 Å². The Balaban J connectivity index is 1.32. The van der Waals surface area contributed by atoms with E-state index in [0.29, 0.717) is 28.3 Å². The molecule has 3 aromatic rings. The summed E-state index contributed by atoms with van der Waals surface area (Å²) >= 11 is 4.22. The van der Waals surface area contributed by atoms with Crippen LogP contribution >= 0.6 is 34.4 Å². The van der Waals surface area contributed by atoms with Crippen molar-refractivity contribution >= 4 is 63.5 Å². The van der Waals surface area contributed by atoms with Crippen LogP contribution in [0.1, 0.15) is 39.0 Å². The maximum Gasteiger partial charge on any atom is 0.341 e. The number of aromatic amines is 1. The van der Waals surface area contributed by atoms with Crippen molar-refractivity contribution in [2.24, 2.45) is 5.10 Å². The lowest BCUT2D eigenvalue weighted by molar-refractivity contribution is -0.113. The minimum Gasteiger partial charge on any atom is -0.462 e. The summed E-state index contributed by atoms with van der Waals surface area (Å²) in [4.78, 5) is 31.3. The number of thiophene rings is 2. The van der Waals surface area contributed by atoms with Crippen LogP contribution in [0.15, 0.2) is 27.8 Å². The summed E-state index contributed by atoms with van der Waals surface area (Å²) in [6, 6.07) is 3.89. The lowest BCUT2D eigenvalue weighted by Crippen LogP contribution is -2.16. The predicted molar refractivity (Wildman–Crippen MR) is 124 cm³/mol. The van der Waals surface area contributed by atoms with Crippen molar-refractivity contribution in [2.45, 2.75) is 31.3 Å². The van der Waals surface area contributed by atoms with Crippen LogP contribution < -0.4 is 10.7 Å². The van der Waals surface area contributed by atoms with Gasteiger partial charge in [0, 0.05) is 9.75 Å². The number of carbonyl (C=O) groups is 2. The van der Waals surface area contributed by atoms with E-state index >= 15 is 0 Å². The zero-order valence-corrected chi connectivity index (χ0v) is 19.1. The number of aryl methyl sites for hydroxylation is 1. The van der Waals surface area contributed by atoms with Gasteiger partial charge in [-0.25, -0.2) is 15.3 Å². The maximum absolute atomic E-state index is 12.5.